The number of fused-ring (bicyclic) bond motifs is 1. The molecule has 1 aliphatic heterocycles. The second kappa shape index (κ2) is 3.24. The van der Waals surface area contributed by atoms with Crippen LogP contribution >= 0.6 is 11.3 Å². The summed E-state index contributed by atoms with van der Waals surface area (Å²) in [7, 11) is 0. The third-order valence-corrected chi connectivity index (χ3v) is 3.88. The quantitative estimate of drug-likeness (QED) is 0.767. The van der Waals surface area contributed by atoms with Crippen molar-refractivity contribution in [2.75, 3.05) is 6.54 Å². The number of hydrogen-bond donors (Lipinski definition) is 1. The predicted octanol–water partition coefficient (Wildman–Crippen LogP) is 2.50. The fourth-order valence-electron chi connectivity index (χ4n) is 1.97. The van der Waals surface area contributed by atoms with Gasteiger partial charge in [-0.05, 0) is 31.1 Å². The van der Waals surface area contributed by atoms with Gasteiger partial charge in [-0.1, -0.05) is 0 Å². The summed E-state index contributed by atoms with van der Waals surface area (Å²) in [5, 5.41) is 5.70. The molecular weight excluding hydrogens is 194 g/mol. The van der Waals surface area contributed by atoms with Gasteiger partial charge < -0.3 is 10.1 Å². The average Bonchev–Trinajstić information content (AvgIpc) is 2.95. The van der Waals surface area contributed by atoms with Crippen molar-refractivity contribution in [1.82, 2.24) is 5.32 Å². The van der Waals surface area contributed by atoms with Crippen LogP contribution < -0.4 is 10.1 Å². The van der Waals surface area contributed by atoms with Gasteiger partial charge >= 0.3 is 0 Å². The van der Waals surface area contributed by atoms with E-state index in [-0.39, 0.29) is 0 Å². The minimum Gasteiger partial charge on any atom is -0.488 e. The molecule has 0 aromatic carbocycles. The Labute approximate surface area is 88.3 Å². The maximum atomic E-state index is 5.98. The largest absolute Gasteiger partial charge is 0.488 e. The number of ether oxygens (including phenoxy) is 1. The highest BCUT2D eigenvalue weighted by Crippen LogP contribution is 2.48. The second-order valence-corrected chi connectivity index (χ2v) is 5.24. The van der Waals surface area contributed by atoms with Gasteiger partial charge in [0, 0.05) is 18.7 Å². The molecule has 0 bridgehead atoms. The fourth-order valence-corrected chi connectivity index (χ4v) is 2.99. The highest BCUT2D eigenvalue weighted by molar-refractivity contribution is 7.10. The van der Waals surface area contributed by atoms with Crippen molar-refractivity contribution in [3.8, 4) is 5.75 Å². The molecule has 0 saturated heterocycles. The van der Waals surface area contributed by atoms with Gasteiger partial charge in [0.15, 0.2) is 0 Å². The molecule has 0 spiro atoms. The highest BCUT2D eigenvalue weighted by Gasteiger charge is 2.30. The molecule has 0 unspecified atom stereocenters. The summed E-state index contributed by atoms with van der Waals surface area (Å²) < 4.78 is 5.98. The third kappa shape index (κ3) is 1.44. The molecule has 76 valence electrons. The first-order valence-electron chi connectivity index (χ1n) is 5.32. The Morgan fingerprint density at radius 3 is 3.14 bits per heavy atom. The summed E-state index contributed by atoms with van der Waals surface area (Å²) in [5.41, 5.74) is 1.47. The predicted molar refractivity (Wildman–Crippen MR) is 58.1 cm³/mol. The molecule has 1 aromatic heterocycles. The molecule has 0 amide bonds. The van der Waals surface area contributed by atoms with E-state index in [9.17, 15) is 0 Å². The van der Waals surface area contributed by atoms with E-state index in [1.165, 1.54) is 29.0 Å². The summed E-state index contributed by atoms with van der Waals surface area (Å²) >= 11 is 1.85. The minimum atomic E-state index is 0.309. The molecule has 1 atom stereocenters. The SMILES string of the molecule is C[C@H]1CNCc2scc(C3CC3)c2O1. The lowest BCUT2D eigenvalue weighted by molar-refractivity contribution is 0.225. The van der Waals surface area contributed by atoms with E-state index in [4.69, 9.17) is 4.74 Å². The van der Waals surface area contributed by atoms with Crippen molar-refractivity contribution < 1.29 is 4.74 Å². The van der Waals surface area contributed by atoms with E-state index < -0.39 is 0 Å². The van der Waals surface area contributed by atoms with Gasteiger partial charge in [-0.15, -0.1) is 11.3 Å². The number of thiophene rings is 1. The maximum Gasteiger partial charge on any atom is 0.138 e. The van der Waals surface area contributed by atoms with Crippen molar-refractivity contribution in [3.05, 3.63) is 15.8 Å². The van der Waals surface area contributed by atoms with Crippen LogP contribution in [0.1, 0.15) is 36.1 Å². The van der Waals surface area contributed by atoms with Gasteiger partial charge in [0.05, 0.1) is 4.88 Å². The van der Waals surface area contributed by atoms with E-state index in [2.05, 4.69) is 17.6 Å². The molecule has 1 aromatic rings. The first-order chi connectivity index (χ1) is 6.84. The molecule has 1 saturated carbocycles. The van der Waals surface area contributed by atoms with Crippen molar-refractivity contribution >= 4 is 11.3 Å². The molecule has 0 radical (unpaired) electrons. The van der Waals surface area contributed by atoms with Gasteiger partial charge in [0.2, 0.25) is 0 Å². The molecule has 1 fully saturated rings. The topological polar surface area (TPSA) is 21.3 Å². The monoisotopic (exact) mass is 209 g/mol. The molecule has 2 aliphatic rings. The van der Waals surface area contributed by atoms with Gasteiger partial charge in [-0.25, -0.2) is 0 Å². The summed E-state index contributed by atoms with van der Waals surface area (Å²) in [4.78, 5) is 1.39. The van der Waals surface area contributed by atoms with Crippen LogP contribution in [-0.2, 0) is 6.54 Å². The third-order valence-electron chi connectivity index (χ3n) is 2.90. The van der Waals surface area contributed by atoms with E-state index in [1.807, 2.05) is 11.3 Å². The first-order valence-corrected chi connectivity index (χ1v) is 6.20. The van der Waals surface area contributed by atoms with Crippen LogP contribution in [0.15, 0.2) is 5.38 Å². The minimum absolute atomic E-state index is 0.309. The summed E-state index contributed by atoms with van der Waals surface area (Å²) in [6, 6.07) is 0. The lowest BCUT2D eigenvalue weighted by Gasteiger charge is -2.12. The summed E-state index contributed by atoms with van der Waals surface area (Å²) in [5.74, 6) is 2.01. The van der Waals surface area contributed by atoms with Crippen molar-refractivity contribution in [1.29, 1.82) is 0 Å². The van der Waals surface area contributed by atoms with E-state index >= 15 is 0 Å². The Morgan fingerprint density at radius 2 is 2.36 bits per heavy atom. The van der Waals surface area contributed by atoms with Gasteiger partial charge in [-0.2, -0.15) is 0 Å². The number of hydrogen-bond acceptors (Lipinski definition) is 3. The highest BCUT2D eigenvalue weighted by atomic mass is 32.1. The Balaban J connectivity index is 1.96. The van der Waals surface area contributed by atoms with Crippen LogP contribution in [0.4, 0.5) is 0 Å². The standard InChI is InChI=1S/C11H15NOS/c1-7-4-12-5-10-11(13-7)9(6-14-10)8-2-3-8/h6-8,12H,2-5H2,1H3/t7-/m0/s1. The second-order valence-electron chi connectivity index (χ2n) is 4.28. The van der Waals surface area contributed by atoms with Crippen LogP contribution in [0.2, 0.25) is 0 Å². The Kier molecular flexibility index (Phi) is 2.03. The van der Waals surface area contributed by atoms with Crippen molar-refractivity contribution in [2.45, 2.75) is 38.3 Å². The van der Waals surface area contributed by atoms with Gasteiger partial charge in [-0.3, -0.25) is 0 Å². The first kappa shape index (κ1) is 8.74. The Morgan fingerprint density at radius 1 is 1.50 bits per heavy atom. The molecule has 1 N–H and O–H groups in total. The number of nitrogens with one attached hydrogen (secondary N) is 1. The van der Waals surface area contributed by atoms with Crippen molar-refractivity contribution in [3.63, 3.8) is 0 Å². The molecule has 1 aliphatic carbocycles. The zero-order chi connectivity index (χ0) is 9.54. The van der Waals surface area contributed by atoms with E-state index in [0.717, 1.165) is 19.0 Å². The van der Waals surface area contributed by atoms with E-state index in [0.29, 0.717) is 6.10 Å². The smallest absolute Gasteiger partial charge is 0.138 e. The zero-order valence-electron chi connectivity index (χ0n) is 8.38. The Hall–Kier alpha value is -0.540. The van der Waals surface area contributed by atoms with Crippen LogP contribution in [0.3, 0.4) is 0 Å². The molecule has 14 heavy (non-hydrogen) atoms. The average molecular weight is 209 g/mol. The molecule has 3 rings (SSSR count). The molecule has 2 nitrogen and oxygen atoms in total. The van der Waals surface area contributed by atoms with Gasteiger partial charge in [0.1, 0.15) is 11.9 Å². The van der Waals surface area contributed by atoms with Crippen molar-refractivity contribution in [2.24, 2.45) is 0 Å². The lowest BCUT2D eigenvalue weighted by Crippen LogP contribution is -2.25. The zero-order valence-corrected chi connectivity index (χ0v) is 9.19. The van der Waals surface area contributed by atoms with Crippen LogP contribution in [-0.4, -0.2) is 12.6 Å². The molecule has 2 heterocycles. The van der Waals surface area contributed by atoms with Crippen LogP contribution in [0.5, 0.6) is 5.75 Å². The van der Waals surface area contributed by atoms with Crippen LogP contribution in [0.25, 0.3) is 0 Å². The summed E-state index contributed by atoms with van der Waals surface area (Å²) in [6.45, 7) is 4.08. The van der Waals surface area contributed by atoms with Gasteiger partial charge in [0.25, 0.3) is 0 Å². The fraction of sp³-hybridized carbons (Fsp3) is 0.636. The molecular formula is C11H15NOS. The number of rotatable bonds is 1. The maximum absolute atomic E-state index is 5.98. The lowest BCUT2D eigenvalue weighted by atomic mass is 10.2. The van der Waals surface area contributed by atoms with Crippen LogP contribution in [0, 0.1) is 0 Å². The normalized spacial score (nSPS) is 26.5. The summed E-state index contributed by atoms with van der Waals surface area (Å²) in [6.07, 6.45) is 3.02. The Bertz CT molecular complexity index is 343. The molecule has 3 heteroatoms. The van der Waals surface area contributed by atoms with E-state index in [1.54, 1.807) is 0 Å².